The molecule has 9 heteroatoms. The van der Waals surface area contributed by atoms with Crippen molar-refractivity contribution in [3.05, 3.63) is 88.8 Å². The Morgan fingerprint density at radius 3 is 2.57 bits per heavy atom. The summed E-state index contributed by atoms with van der Waals surface area (Å²) in [5.41, 5.74) is 2.36. The first-order valence-corrected chi connectivity index (χ1v) is 11.4. The van der Waals surface area contributed by atoms with E-state index in [4.69, 9.17) is 16.0 Å². The van der Waals surface area contributed by atoms with E-state index in [1.165, 1.54) is 5.01 Å². The second-order valence-electron chi connectivity index (χ2n) is 6.89. The van der Waals surface area contributed by atoms with Crippen LogP contribution in [0.15, 0.2) is 76.4 Å². The van der Waals surface area contributed by atoms with Crippen molar-refractivity contribution in [3.63, 3.8) is 0 Å². The molecular weight excluding hydrogens is 426 g/mol. The summed E-state index contributed by atoms with van der Waals surface area (Å²) in [5.74, 6) is 0.337. The molecule has 0 bridgehead atoms. The second kappa shape index (κ2) is 7.97. The summed E-state index contributed by atoms with van der Waals surface area (Å²) in [6.45, 7) is 0. The predicted octanol–water partition coefficient (Wildman–Crippen LogP) is 4.30. The number of nitrogens with zero attached hydrogens (tertiary/aromatic N) is 2. The van der Waals surface area contributed by atoms with E-state index in [2.05, 4.69) is 9.82 Å². The van der Waals surface area contributed by atoms with Gasteiger partial charge in [-0.1, -0.05) is 29.8 Å². The van der Waals surface area contributed by atoms with Gasteiger partial charge in [-0.3, -0.25) is 9.52 Å². The average molecular weight is 444 g/mol. The molecule has 0 spiro atoms. The number of carbonyl (C=O) groups is 1. The number of hydrazone groups is 1. The van der Waals surface area contributed by atoms with Gasteiger partial charge < -0.3 is 4.42 Å². The Balaban J connectivity index is 1.66. The third-order valence-electron chi connectivity index (χ3n) is 4.58. The van der Waals surface area contributed by atoms with Crippen LogP contribution in [-0.2, 0) is 10.0 Å². The predicted molar refractivity (Wildman–Crippen MR) is 115 cm³/mol. The monoisotopic (exact) mass is 443 g/mol. The van der Waals surface area contributed by atoms with Gasteiger partial charge in [0.2, 0.25) is 10.0 Å². The van der Waals surface area contributed by atoms with Crippen molar-refractivity contribution in [2.45, 2.75) is 12.5 Å². The number of nitrogens with one attached hydrogen (secondary N) is 1. The van der Waals surface area contributed by atoms with Crippen LogP contribution in [0.1, 0.15) is 34.1 Å². The van der Waals surface area contributed by atoms with Crippen LogP contribution in [0.25, 0.3) is 0 Å². The lowest BCUT2D eigenvalue weighted by Gasteiger charge is -2.20. The van der Waals surface area contributed by atoms with Crippen molar-refractivity contribution in [2.75, 3.05) is 11.0 Å². The van der Waals surface area contributed by atoms with E-state index in [0.29, 0.717) is 34.2 Å². The quantitative estimate of drug-likeness (QED) is 0.636. The molecule has 1 N–H and O–H groups in total. The van der Waals surface area contributed by atoms with Gasteiger partial charge in [0.05, 0.1) is 18.2 Å². The number of hydrogen-bond acceptors (Lipinski definition) is 5. The lowest BCUT2D eigenvalue weighted by atomic mass is 10.0. The zero-order valence-corrected chi connectivity index (χ0v) is 17.5. The third-order valence-corrected chi connectivity index (χ3v) is 5.42. The lowest BCUT2D eigenvalue weighted by molar-refractivity contribution is 0.0693. The average Bonchev–Trinajstić information content (AvgIpc) is 3.36. The van der Waals surface area contributed by atoms with Gasteiger partial charge >= 0.3 is 0 Å². The molecule has 1 aliphatic rings. The molecule has 7 nitrogen and oxygen atoms in total. The highest BCUT2D eigenvalue weighted by Crippen LogP contribution is 2.34. The van der Waals surface area contributed by atoms with Gasteiger partial charge in [0, 0.05) is 22.7 Å². The van der Waals surface area contributed by atoms with Crippen LogP contribution < -0.4 is 4.72 Å². The largest absolute Gasteiger partial charge is 0.467 e. The number of carbonyl (C=O) groups excluding carboxylic acids is 1. The van der Waals surface area contributed by atoms with Crippen LogP contribution in [-0.4, -0.2) is 31.3 Å². The van der Waals surface area contributed by atoms with Crippen LogP contribution in [0.5, 0.6) is 0 Å². The fourth-order valence-electron chi connectivity index (χ4n) is 3.27. The number of anilines is 1. The molecule has 30 heavy (non-hydrogen) atoms. The minimum absolute atomic E-state index is 0.288. The molecule has 0 saturated carbocycles. The summed E-state index contributed by atoms with van der Waals surface area (Å²) in [7, 11) is -3.36. The molecule has 3 aromatic rings. The molecule has 2 aromatic carbocycles. The first-order valence-electron chi connectivity index (χ1n) is 9.08. The molecule has 0 fully saturated rings. The minimum atomic E-state index is -3.36. The Hall–Kier alpha value is -3.10. The first kappa shape index (κ1) is 20.2. The second-order valence-corrected chi connectivity index (χ2v) is 9.08. The van der Waals surface area contributed by atoms with Crippen molar-refractivity contribution < 1.29 is 17.6 Å². The van der Waals surface area contributed by atoms with Crippen molar-refractivity contribution in [2.24, 2.45) is 5.10 Å². The van der Waals surface area contributed by atoms with Gasteiger partial charge in [0.25, 0.3) is 5.91 Å². The summed E-state index contributed by atoms with van der Waals surface area (Å²) in [6.07, 6.45) is 3.11. The fraction of sp³-hybridized carbons (Fsp3) is 0.143. The number of sulfonamides is 1. The Labute approximate surface area is 179 Å². The summed E-state index contributed by atoms with van der Waals surface area (Å²) in [4.78, 5) is 13.1. The third kappa shape index (κ3) is 4.39. The standard InChI is InChI=1S/C21H18ClN3O4S/c1-30(27,28)24-17-9-7-14(8-10-17)18-13-19(20-6-3-11-29-20)25(23-18)21(26)15-4-2-5-16(22)12-15/h2-12,19,24H,13H2,1H3/t19-/m0/s1. The molecule has 1 atom stereocenters. The Morgan fingerprint density at radius 1 is 1.17 bits per heavy atom. The van der Waals surface area contributed by atoms with Crippen LogP contribution in [0.2, 0.25) is 5.02 Å². The van der Waals surface area contributed by atoms with E-state index in [1.54, 1.807) is 66.9 Å². The number of hydrogen-bond donors (Lipinski definition) is 1. The van der Waals surface area contributed by atoms with Gasteiger partial charge in [-0.2, -0.15) is 5.10 Å². The number of furan rings is 1. The van der Waals surface area contributed by atoms with E-state index in [-0.39, 0.29) is 5.91 Å². The number of halogens is 1. The van der Waals surface area contributed by atoms with Gasteiger partial charge in [0.15, 0.2) is 0 Å². The summed E-state index contributed by atoms with van der Waals surface area (Å²) in [6, 6.07) is 16.7. The Morgan fingerprint density at radius 2 is 1.93 bits per heavy atom. The first-order chi connectivity index (χ1) is 14.3. The highest BCUT2D eigenvalue weighted by molar-refractivity contribution is 7.92. The van der Waals surface area contributed by atoms with Gasteiger partial charge in [0.1, 0.15) is 11.8 Å². The summed E-state index contributed by atoms with van der Waals surface area (Å²) in [5, 5.41) is 6.44. The van der Waals surface area contributed by atoms with Crippen LogP contribution >= 0.6 is 11.6 Å². The molecule has 0 saturated heterocycles. The molecule has 1 amide bonds. The van der Waals surface area contributed by atoms with E-state index >= 15 is 0 Å². The SMILES string of the molecule is CS(=O)(=O)Nc1ccc(C2=NN(C(=O)c3cccc(Cl)c3)[C@H](c3ccco3)C2)cc1. The molecule has 1 aliphatic heterocycles. The highest BCUT2D eigenvalue weighted by Gasteiger charge is 2.35. The minimum Gasteiger partial charge on any atom is -0.467 e. The van der Waals surface area contributed by atoms with Gasteiger partial charge in [-0.15, -0.1) is 0 Å². The molecular formula is C21H18ClN3O4S. The summed E-state index contributed by atoms with van der Waals surface area (Å²) >= 11 is 6.04. The van der Waals surface area contributed by atoms with Crippen molar-refractivity contribution in [3.8, 4) is 0 Å². The molecule has 154 valence electrons. The van der Waals surface area contributed by atoms with Crippen molar-refractivity contribution in [1.29, 1.82) is 0 Å². The van der Waals surface area contributed by atoms with Crippen molar-refractivity contribution in [1.82, 2.24) is 5.01 Å². The Kier molecular flexibility index (Phi) is 5.36. The lowest BCUT2D eigenvalue weighted by Crippen LogP contribution is -2.26. The number of amides is 1. The molecule has 1 aromatic heterocycles. The molecule has 2 heterocycles. The summed E-state index contributed by atoms with van der Waals surface area (Å²) < 4.78 is 30.8. The van der Waals surface area contributed by atoms with E-state index in [9.17, 15) is 13.2 Å². The Bertz CT molecular complexity index is 1210. The van der Waals surface area contributed by atoms with E-state index < -0.39 is 16.1 Å². The van der Waals surface area contributed by atoms with Crippen molar-refractivity contribution >= 4 is 38.9 Å². The number of rotatable bonds is 5. The van der Waals surface area contributed by atoms with Crippen LogP contribution in [0, 0.1) is 0 Å². The van der Waals surface area contributed by atoms with Crippen LogP contribution in [0.4, 0.5) is 5.69 Å². The fourth-order valence-corrected chi connectivity index (χ4v) is 4.03. The maximum absolute atomic E-state index is 13.1. The van der Waals surface area contributed by atoms with Gasteiger partial charge in [-0.05, 0) is 48.0 Å². The van der Waals surface area contributed by atoms with Crippen LogP contribution in [0.3, 0.4) is 0 Å². The van der Waals surface area contributed by atoms with E-state index in [1.807, 2.05) is 0 Å². The normalized spacial score (nSPS) is 16.4. The molecule has 0 unspecified atom stereocenters. The molecule has 0 radical (unpaired) electrons. The zero-order chi connectivity index (χ0) is 21.3. The molecule has 4 rings (SSSR count). The maximum Gasteiger partial charge on any atom is 0.274 e. The topological polar surface area (TPSA) is 92.0 Å². The number of benzene rings is 2. The van der Waals surface area contributed by atoms with Gasteiger partial charge in [-0.25, -0.2) is 13.4 Å². The smallest absolute Gasteiger partial charge is 0.274 e. The molecule has 0 aliphatic carbocycles. The zero-order valence-electron chi connectivity index (χ0n) is 15.9. The van der Waals surface area contributed by atoms with E-state index in [0.717, 1.165) is 11.8 Å². The highest BCUT2D eigenvalue weighted by atomic mass is 35.5. The maximum atomic E-state index is 13.1.